The van der Waals surface area contributed by atoms with Crippen molar-refractivity contribution in [3.63, 3.8) is 0 Å². The highest BCUT2D eigenvalue weighted by atomic mass is 32.3. The Bertz CT molecular complexity index is 1970. The second-order valence-corrected chi connectivity index (χ2v) is 14.3. The van der Waals surface area contributed by atoms with Crippen LogP contribution in [0.25, 0.3) is 0 Å². The fourth-order valence-corrected chi connectivity index (χ4v) is 7.12. The molecule has 2 aromatic heterocycles. The number of hydrogen-bond acceptors (Lipinski definition) is 18. The molecule has 0 aromatic carbocycles. The van der Waals surface area contributed by atoms with Gasteiger partial charge < -0.3 is 46.6 Å². The Morgan fingerprint density at radius 3 is 2.59 bits per heavy atom. The van der Waals surface area contributed by atoms with Crippen LogP contribution in [0.5, 0.6) is 0 Å². The zero-order valence-corrected chi connectivity index (χ0v) is 29.2. The van der Waals surface area contributed by atoms with E-state index in [1.807, 2.05) is 20.5 Å². The van der Waals surface area contributed by atoms with Crippen LogP contribution < -0.4 is 31.7 Å². The highest BCUT2D eigenvalue weighted by molar-refractivity contribution is 8.00. The van der Waals surface area contributed by atoms with Gasteiger partial charge in [0.1, 0.15) is 17.1 Å². The number of anilines is 3. The number of thioether (sulfide) groups is 1. The molecule has 0 saturated carbocycles. The number of nitrogen functional groups attached to an aromatic ring is 1. The molecule has 4 aliphatic heterocycles. The van der Waals surface area contributed by atoms with Gasteiger partial charge in [0, 0.05) is 42.5 Å². The minimum absolute atomic E-state index is 0.0208. The van der Waals surface area contributed by atoms with Crippen molar-refractivity contribution < 1.29 is 56.4 Å². The SMILES string of the molecule is CC(C)(O/N=C(/C(=O)N[C@@H]1C(=O)N2C(C(=O)O)=C(C[n+]3cc(N4CCCN=C4N)c4n3CCN4)CS[C@H]12)c1nsc(N)n1)C(=O)O.O=S(=O)([O-])O. The Kier molecular flexibility index (Phi) is 10.4. The molecular formula is C25H32N12O11S3. The molecule has 6 rings (SSSR count). The van der Waals surface area contributed by atoms with Gasteiger partial charge in [-0.15, -0.1) is 21.1 Å². The number of carbonyl (C=O) groups is 4. The molecule has 0 unspecified atom stereocenters. The van der Waals surface area contributed by atoms with E-state index in [1.54, 1.807) is 0 Å². The van der Waals surface area contributed by atoms with Gasteiger partial charge in [0.25, 0.3) is 11.8 Å². The molecule has 2 amide bonds. The summed E-state index contributed by atoms with van der Waals surface area (Å²) in [5.74, 6) is -2.86. The van der Waals surface area contributed by atoms with Crippen molar-refractivity contribution in [2.45, 2.75) is 50.4 Å². The van der Waals surface area contributed by atoms with E-state index in [9.17, 15) is 29.4 Å². The molecule has 0 spiro atoms. The number of carboxylic acids is 2. The highest BCUT2D eigenvalue weighted by Gasteiger charge is 2.55. The van der Waals surface area contributed by atoms with E-state index in [0.717, 1.165) is 29.5 Å². The molecule has 0 radical (unpaired) electrons. The second-order valence-electron chi connectivity index (χ2n) is 11.6. The first-order valence-corrected chi connectivity index (χ1v) is 18.0. The quantitative estimate of drug-likeness (QED) is 0.0320. The van der Waals surface area contributed by atoms with E-state index in [1.165, 1.54) is 30.5 Å². The number of amides is 2. The van der Waals surface area contributed by atoms with Crippen molar-refractivity contribution in [3.8, 4) is 0 Å². The van der Waals surface area contributed by atoms with Gasteiger partial charge in [0.05, 0.1) is 6.54 Å². The maximum absolute atomic E-state index is 13.4. The minimum Gasteiger partial charge on any atom is -0.726 e. The summed E-state index contributed by atoms with van der Waals surface area (Å²) < 4.78 is 40.7. The number of hydrogen-bond donors (Lipinski definition) is 7. The van der Waals surface area contributed by atoms with Crippen LogP contribution in [0, 0.1) is 0 Å². The lowest BCUT2D eigenvalue weighted by Gasteiger charge is -2.49. The predicted molar refractivity (Wildman–Crippen MR) is 177 cm³/mol. The molecule has 0 bridgehead atoms. The molecule has 4 aliphatic rings. The van der Waals surface area contributed by atoms with Gasteiger partial charge in [-0.2, -0.15) is 9.36 Å². The summed E-state index contributed by atoms with van der Waals surface area (Å²) in [6.07, 6.45) is 2.74. The van der Waals surface area contributed by atoms with Gasteiger partial charge in [0.15, 0.2) is 29.1 Å². The Balaban J connectivity index is 0.000000943. The fraction of sp³-hybridized carbons (Fsp3) is 0.480. The fourth-order valence-electron chi connectivity index (χ4n) is 5.35. The van der Waals surface area contributed by atoms with E-state index in [0.29, 0.717) is 37.7 Å². The smallest absolute Gasteiger partial charge is 0.352 e. The van der Waals surface area contributed by atoms with Crippen molar-refractivity contribution in [3.05, 3.63) is 23.3 Å². The van der Waals surface area contributed by atoms with Gasteiger partial charge in [-0.25, -0.2) is 18.0 Å². The Morgan fingerprint density at radius 2 is 1.98 bits per heavy atom. The summed E-state index contributed by atoms with van der Waals surface area (Å²) in [6.45, 7) is 5.36. The molecule has 6 heterocycles. The van der Waals surface area contributed by atoms with E-state index < -0.39 is 56.9 Å². The molecule has 1 fully saturated rings. The van der Waals surface area contributed by atoms with E-state index in [2.05, 4.69) is 30.1 Å². The Labute approximate surface area is 296 Å². The second kappa shape index (κ2) is 14.3. The monoisotopic (exact) mass is 772 g/mol. The zero-order chi connectivity index (χ0) is 37.4. The number of carbonyl (C=O) groups excluding carboxylic acids is 2. The van der Waals surface area contributed by atoms with Crippen LogP contribution in [-0.2, 0) is 47.5 Å². The van der Waals surface area contributed by atoms with Gasteiger partial charge in [-0.1, -0.05) is 5.16 Å². The van der Waals surface area contributed by atoms with Crippen LogP contribution in [-0.4, -0.2) is 125 Å². The van der Waals surface area contributed by atoms with Crippen LogP contribution >= 0.6 is 23.3 Å². The number of aliphatic carboxylic acids is 2. The number of guanidine groups is 1. The number of nitrogens with one attached hydrogen (secondary N) is 2. The van der Waals surface area contributed by atoms with Crippen molar-refractivity contribution in [1.29, 1.82) is 0 Å². The summed E-state index contributed by atoms with van der Waals surface area (Å²) in [5, 5.41) is 28.5. The zero-order valence-electron chi connectivity index (χ0n) is 26.7. The number of nitrogens with zero attached hydrogens (tertiary/aromatic N) is 8. The Hall–Kier alpha value is -5.05. The number of β-lactam (4-membered cyclic amide) rings is 1. The average Bonchev–Trinajstić information content (AvgIpc) is 3.77. The maximum atomic E-state index is 13.4. The number of rotatable bonds is 10. The number of nitrogens with two attached hydrogens (primary N) is 2. The van der Waals surface area contributed by atoms with Crippen molar-refractivity contribution in [2.24, 2.45) is 15.9 Å². The first kappa shape index (κ1) is 37.2. The van der Waals surface area contributed by atoms with Gasteiger partial charge in [0.2, 0.25) is 33.7 Å². The van der Waals surface area contributed by atoms with Crippen molar-refractivity contribution >= 4 is 85.8 Å². The largest absolute Gasteiger partial charge is 0.726 e. The van der Waals surface area contributed by atoms with E-state index in [4.69, 9.17) is 33.8 Å². The summed E-state index contributed by atoms with van der Waals surface area (Å²) >= 11 is 2.08. The molecule has 2 atom stereocenters. The van der Waals surface area contributed by atoms with Crippen molar-refractivity contribution in [1.82, 2.24) is 24.3 Å². The predicted octanol–water partition coefficient (Wildman–Crippen LogP) is -2.81. The van der Waals surface area contributed by atoms with Gasteiger partial charge in [-0.05, 0) is 20.3 Å². The third kappa shape index (κ3) is 7.98. The van der Waals surface area contributed by atoms with Crippen LogP contribution in [0.2, 0.25) is 0 Å². The number of carboxylic acid groups (broad SMARTS) is 2. The minimum atomic E-state index is -4.92. The van der Waals surface area contributed by atoms with Crippen molar-refractivity contribution in [2.75, 3.05) is 41.3 Å². The molecular weight excluding hydrogens is 741 g/mol. The first-order chi connectivity index (χ1) is 23.9. The molecule has 1 saturated heterocycles. The lowest BCUT2D eigenvalue weighted by atomic mass is 10.0. The summed E-state index contributed by atoms with van der Waals surface area (Å²) in [5.41, 5.74) is 10.8. The van der Waals surface area contributed by atoms with Gasteiger partial charge in [-0.3, -0.25) is 24.0 Å². The average molecular weight is 773 g/mol. The highest BCUT2D eigenvalue weighted by Crippen LogP contribution is 2.41. The maximum Gasteiger partial charge on any atom is 0.352 e. The first-order valence-electron chi connectivity index (χ1n) is 14.8. The van der Waals surface area contributed by atoms with Crippen LogP contribution in [0.4, 0.5) is 16.6 Å². The van der Waals surface area contributed by atoms with Crippen LogP contribution in [0.1, 0.15) is 26.1 Å². The molecule has 2 aromatic rings. The molecule has 51 heavy (non-hydrogen) atoms. The molecule has 26 heteroatoms. The third-order valence-corrected chi connectivity index (χ3v) is 9.60. The van der Waals surface area contributed by atoms with Crippen LogP contribution in [0.15, 0.2) is 27.6 Å². The summed E-state index contributed by atoms with van der Waals surface area (Å²) in [7, 11) is -4.92. The molecule has 276 valence electrons. The number of fused-ring (bicyclic) bond motifs is 2. The van der Waals surface area contributed by atoms with E-state index >= 15 is 0 Å². The van der Waals surface area contributed by atoms with Gasteiger partial charge >= 0.3 is 11.9 Å². The number of aromatic nitrogens is 4. The third-order valence-electron chi connectivity index (χ3n) is 7.72. The Morgan fingerprint density at radius 1 is 1.27 bits per heavy atom. The molecule has 9 N–H and O–H groups in total. The normalized spacial score (nSPS) is 20.3. The standard InChI is InChI=1S/C25H30N12O7S2.H2O4S/c1-25(2,22(42)43)44-32-13(16-31-24(27)46-33-16)18(38)30-14-19(39)37-15(21(40)41)11(10-45-20(14)37)8-34-9-12(17-28-5-7-36(17)34)35-6-3-4-29-23(35)26;1-5(2,3)4/h9,14,20H,3-8,10H2,1-2H3,(H7,26,27,29,30,31,33,38,40,41,42,43);(H2,1,2,3,4)/b32-13+;/t14-,20-;/m1./s1. The summed E-state index contributed by atoms with van der Waals surface area (Å²) in [4.78, 5) is 67.2. The number of oxime groups is 1. The number of aliphatic imine (C=N–C) groups is 1. The lowest BCUT2D eigenvalue weighted by molar-refractivity contribution is -0.766. The lowest BCUT2D eigenvalue weighted by Crippen LogP contribution is -2.71. The molecule has 0 aliphatic carbocycles. The summed E-state index contributed by atoms with van der Waals surface area (Å²) in [6, 6.07) is -1.11. The van der Waals surface area contributed by atoms with E-state index in [-0.39, 0.29) is 29.0 Å². The molecule has 23 nitrogen and oxygen atoms in total. The topological polar surface area (TPSA) is 337 Å². The van der Waals surface area contributed by atoms with Crippen LogP contribution in [0.3, 0.4) is 0 Å².